The lowest BCUT2D eigenvalue weighted by atomic mass is 9.80. The predicted octanol–water partition coefficient (Wildman–Crippen LogP) is 3.93. The molecule has 3 aromatic carbocycles. The number of hydrogen-bond acceptors (Lipinski definition) is 6. The molecule has 0 saturated carbocycles. The highest BCUT2D eigenvalue weighted by molar-refractivity contribution is 8.04. The van der Waals surface area contributed by atoms with Crippen molar-refractivity contribution < 1.29 is 26.4 Å². The van der Waals surface area contributed by atoms with E-state index >= 15 is 0 Å². The van der Waals surface area contributed by atoms with Crippen LogP contribution in [-0.4, -0.2) is 33.1 Å². The lowest BCUT2D eigenvalue weighted by molar-refractivity contribution is -0.154. The van der Waals surface area contributed by atoms with E-state index in [0.29, 0.717) is 9.27 Å². The number of ether oxygens (including phenoxy) is 1. The fourth-order valence-electron chi connectivity index (χ4n) is 4.15. The van der Waals surface area contributed by atoms with Gasteiger partial charge < -0.3 is 4.74 Å². The van der Waals surface area contributed by atoms with Crippen LogP contribution in [0.4, 0.5) is 0 Å². The van der Waals surface area contributed by atoms with Crippen LogP contribution in [0.3, 0.4) is 0 Å². The van der Waals surface area contributed by atoms with Gasteiger partial charge in [-0.25, -0.2) is 16.8 Å². The molecule has 1 aliphatic rings. The van der Waals surface area contributed by atoms with Crippen molar-refractivity contribution in [3.8, 4) is 0 Å². The number of sulfonamides is 2. The number of esters is 1. The van der Waals surface area contributed by atoms with Crippen molar-refractivity contribution in [3.63, 3.8) is 0 Å². The van der Waals surface area contributed by atoms with Gasteiger partial charge in [0.05, 0.1) is 21.8 Å². The zero-order valence-corrected chi connectivity index (χ0v) is 20.4. The largest absolute Gasteiger partial charge is 0.452 e. The van der Waals surface area contributed by atoms with E-state index in [1.54, 1.807) is 56.3 Å². The Morgan fingerprint density at radius 3 is 1.53 bits per heavy atom. The molecular formula is C25H25NO6S2. The first-order valence-electron chi connectivity index (χ1n) is 10.7. The van der Waals surface area contributed by atoms with Crippen molar-refractivity contribution in [1.82, 2.24) is 3.71 Å². The van der Waals surface area contributed by atoms with Crippen molar-refractivity contribution in [1.29, 1.82) is 0 Å². The summed E-state index contributed by atoms with van der Waals surface area (Å²) in [5.41, 5.74) is -1.91. The lowest BCUT2D eigenvalue weighted by Gasteiger charge is -2.34. The van der Waals surface area contributed by atoms with Gasteiger partial charge in [0.25, 0.3) is 20.0 Å². The maximum absolute atomic E-state index is 13.8. The van der Waals surface area contributed by atoms with E-state index in [-0.39, 0.29) is 16.2 Å². The number of rotatable bonds is 7. The molecule has 3 aromatic rings. The standard InChI is InChI=1S/C25H25NO6S2/c1-24(2)18-25(32-23(24)27,20-12-6-3-7-13-20)19-26(33(28,29)21-14-8-4-9-15-21)34(30,31)22-16-10-5-11-17-22/h3-17H,18-19H2,1-2H3. The summed E-state index contributed by atoms with van der Waals surface area (Å²) in [5.74, 6) is -0.523. The van der Waals surface area contributed by atoms with Gasteiger partial charge in [0, 0.05) is 6.42 Å². The first-order valence-corrected chi connectivity index (χ1v) is 13.5. The number of nitrogens with zero attached hydrogens (tertiary/aromatic N) is 1. The number of hydrogen-bond donors (Lipinski definition) is 0. The molecule has 34 heavy (non-hydrogen) atoms. The van der Waals surface area contributed by atoms with Gasteiger partial charge in [-0.3, -0.25) is 4.79 Å². The zero-order valence-electron chi connectivity index (χ0n) is 18.8. The van der Waals surface area contributed by atoms with Crippen LogP contribution in [0.5, 0.6) is 0 Å². The van der Waals surface area contributed by atoms with Gasteiger partial charge in [0.15, 0.2) is 5.60 Å². The molecule has 178 valence electrons. The topological polar surface area (TPSA) is 97.8 Å². The molecule has 0 radical (unpaired) electrons. The van der Waals surface area contributed by atoms with Gasteiger partial charge in [-0.2, -0.15) is 0 Å². The van der Waals surface area contributed by atoms with Crippen molar-refractivity contribution >= 4 is 26.0 Å². The Morgan fingerprint density at radius 1 is 0.735 bits per heavy atom. The van der Waals surface area contributed by atoms with E-state index in [0.717, 1.165) is 0 Å². The van der Waals surface area contributed by atoms with Crippen molar-refractivity contribution in [2.45, 2.75) is 35.7 Å². The smallest absolute Gasteiger partial charge is 0.312 e. The third kappa shape index (κ3) is 4.26. The summed E-state index contributed by atoms with van der Waals surface area (Å²) in [6.45, 7) is 2.80. The lowest BCUT2D eigenvalue weighted by Crippen LogP contribution is -2.47. The summed E-state index contributed by atoms with van der Waals surface area (Å²) in [4.78, 5) is 12.4. The Kier molecular flexibility index (Phi) is 6.14. The Hall–Kier alpha value is -3.01. The van der Waals surface area contributed by atoms with Crippen LogP contribution in [-0.2, 0) is 35.2 Å². The SMILES string of the molecule is CC1(C)CC(CN(S(=O)(=O)c2ccccc2)S(=O)(=O)c2ccccc2)(c2ccccc2)OC1=O. The highest BCUT2D eigenvalue weighted by atomic mass is 32.3. The van der Waals surface area contributed by atoms with Crippen LogP contribution in [0.15, 0.2) is 101 Å². The van der Waals surface area contributed by atoms with E-state index in [1.807, 2.05) is 0 Å². The monoisotopic (exact) mass is 499 g/mol. The molecule has 0 spiro atoms. The van der Waals surface area contributed by atoms with Crippen LogP contribution < -0.4 is 0 Å². The quantitative estimate of drug-likeness (QED) is 0.457. The van der Waals surface area contributed by atoms with Crippen molar-refractivity contribution in [2.24, 2.45) is 5.41 Å². The maximum Gasteiger partial charge on any atom is 0.312 e. The van der Waals surface area contributed by atoms with E-state index in [4.69, 9.17) is 4.74 Å². The van der Waals surface area contributed by atoms with Crippen LogP contribution >= 0.6 is 0 Å². The molecule has 0 amide bonds. The molecule has 0 bridgehead atoms. The fraction of sp³-hybridized carbons (Fsp3) is 0.240. The predicted molar refractivity (Wildman–Crippen MR) is 127 cm³/mol. The Bertz CT molecular complexity index is 1320. The maximum atomic E-state index is 13.8. The molecule has 1 heterocycles. The minimum atomic E-state index is -4.54. The second-order valence-corrected chi connectivity index (χ2v) is 12.8. The van der Waals surface area contributed by atoms with Crippen molar-refractivity contribution in [3.05, 3.63) is 96.6 Å². The molecule has 9 heteroatoms. The molecule has 1 aliphatic heterocycles. The second-order valence-electron chi connectivity index (χ2n) is 8.88. The van der Waals surface area contributed by atoms with Crippen LogP contribution in [0.2, 0.25) is 0 Å². The van der Waals surface area contributed by atoms with E-state index in [2.05, 4.69) is 0 Å². The molecule has 0 aliphatic carbocycles. The van der Waals surface area contributed by atoms with Gasteiger partial charge in [-0.15, -0.1) is 0 Å². The van der Waals surface area contributed by atoms with Gasteiger partial charge in [0.2, 0.25) is 0 Å². The van der Waals surface area contributed by atoms with Crippen LogP contribution in [0, 0.1) is 5.41 Å². The first-order chi connectivity index (χ1) is 16.0. The third-order valence-corrected chi connectivity index (χ3v) is 10.1. The second kappa shape index (κ2) is 8.65. The highest BCUT2D eigenvalue weighted by Crippen LogP contribution is 2.48. The van der Waals surface area contributed by atoms with Crippen LogP contribution in [0.25, 0.3) is 0 Å². The molecule has 1 saturated heterocycles. The normalized spacial score (nSPS) is 20.3. The number of carbonyl (C=O) groups excluding carboxylic acids is 1. The minimum Gasteiger partial charge on any atom is -0.452 e. The number of cyclic esters (lactones) is 1. The van der Waals surface area contributed by atoms with Gasteiger partial charge >= 0.3 is 5.97 Å². The summed E-state index contributed by atoms with van der Waals surface area (Å²) in [5, 5.41) is 0. The molecule has 1 atom stereocenters. The highest BCUT2D eigenvalue weighted by Gasteiger charge is 2.56. The fourth-order valence-corrected chi connectivity index (χ4v) is 7.93. The molecule has 4 rings (SSSR count). The Balaban J connectivity index is 1.93. The molecule has 1 fully saturated rings. The van der Waals surface area contributed by atoms with Gasteiger partial charge in [-0.1, -0.05) is 70.4 Å². The molecule has 0 aromatic heterocycles. The molecular weight excluding hydrogens is 474 g/mol. The average Bonchev–Trinajstić information content (AvgIpc) is 3.08. The van der Waals surface area contributed by atoms with Gasteiger partial charge in [0.1, 0.15) is 0 Å². The summed E-state index contributed by atoms with van der Waals surface area (Å²) >= 11 is 0. The summed E-state index contributed by atoms with van der Waals surface area (Å²) in [7, 11) is -9.08. The first kappa shape index (κ1) is 24.1. The third-order valence-electron chi connectivity index (χ3n) is 5.87. The van der Waals surface area contributed by atoms with Gasteiger partial charge in [-0.05, 0) is 43.7 Å². The molecule has 7 nitrogen and oxygen atoms in total. The summed E-state index contributed by atoms with van der Waals surface area (Å²) in [6, 6.07) is 23.4. The molecule has 1 unspecified atom stereocenters. The average molecular weight is 500 g/mol. The minimum absolute atomic E-state index is 0.105. The van der Waals surface area contributed by atoms with Crippen molar-refractivity contribution in [2.75, 3.05) is 6.54 Å². The number of carbonyl (C=O) groups is 1. The Morgan fingerprint density at radius 2 is 1.15 bits per heavy atom. The zero-order chi connectivity index (χ0) is 24.6. The Labute approximate surface area is 200 Å². The summed E-state index contributed by atoms with van der Waals surface area (Å²) < 4.78 is 61.3. The summed E-state index contributed by atoms with van der Waals surface area (Å²) in [6.07, 6.45) is 0.105. The van der Waals surface area contributed by atoms with E-state index in [1.165, 1.54) is 48.5 Å². The molecule has 0 N–H and O–H groups in total. The van der Waals surface area contributed by atoms with E-state index in [9.17, 15) is 21.6 Å². The van der Waals surface area contributed by atoms with Crippen LogP contribution in [0.1, 0.15) is 25.8 Å². The van der Waals surface area contributed by atoms with E-state index < -0.39 is 43.6 Å². The number of benzene rings is 3.